The second-order valence-electron chi connectivity index (χ2n) is 3.05. The van der Waals surface area contributed by atoms with Crippen LogP contribution in [0.15, 0.2) is 36.5 Å². The van der Waals surface area contributed by atoms with Crippen LogP contribution in [0.1, 0.15) is 12.1 Å². The van der Waals surface area contributed by atoms with Crippen LogP contribution in [0, 0.1) is 11.8 Å². The first kappa shape index (κ1) is 9.42. The SMILES string of the molecule is O=CCC#Cc1nccc2ccccc12. The fourth-order valence-electron chi connectivity index (χ4n) is 1.40. The number of aromatic nitrogens is 1. The summed E-state index contributed by atoms with van der Waals surface area (Å²) in [7, 11) is 0. The van der Waals surface area contributed by atoms with Crippen molar-refractivity contribution >= 4 is 17.1 Å². The van der Waals surface area contributed by atoms with Crippen LogP contribution in [0.4, 0.5) is 0 Å². The van der Waals surface area contributed by atoms with Gasteiger partial charge in [0.1, 0.15) is 12.0 Å². The lowest BCUT2D eigenvalue weighted by Crippen LogP contribution is -1.84. The lowest BCUT2D eigenvalue weighted by atomic mass is 10.1. The molecule has 0 saturated heterocycles. The predicted molar refractivity (Wildman–Crippen MR) is 59.3 cm³/mol. The Labute approximate surface area is 88.0 Å². The first-order valence-corrected chi connectivity index (χ1v) is 4.68. The van der Waals surface area contributed by atoms with Crippen molar-refractivity contribution in [3.05, 3.63) is 42.2 Å². The van der Waals surface area contributed by atoms with Crippen molar-refractivity contribution in [2.75, 3.05) is 0 Å². The molecule has 0 atom stereocenters. The maximum Gasteiger partial charge on any atom is 0.131 e. The van der Waals surface area contributed by atoms with Crippen molar-refractivity contribution < 1.29 is 4.79 Å². The van der Waals surface area contributed by atoms with E-state index in [9.17, 15) is 4.79 Å². The molecule has 1 aromatic heterocycles. The third-order valence-corrected chi connectivity index (χ3v) is 2.07. The van der Waals surface area contributed by atoms with Crippen molar-refractivity contribution in [1.29, 1.82) is 0 Å². The van der Waals surface area contributed by atoms with Crippen molar-refractivity contribution in [1.82, 2.24) is 4.98 Å². The average Bonchev–Trinajstić information content (AvgIpc) is 2.30. The summed E-state index contributed by atoms with van der Waals surface area (Å²) in [5, 5.41) is 2.14. The number of carbonyl (C=O) groups is 1. The first-order valence-electron chi connectivity index (χ1n) is 4.68. The molecule has 1 heterocycles. The van der Waals surface area contributed by atoms with Crippen LogP contribution in [0.25, 0.3) is 10.8 Å². The maximum absolute atomic E-state index is 10.1. The number of pyridine rings is 1. The van der Waals surface area contributed by atoms with Crippen molar-refractivity contribution in [2.24, 2.45) is 0 Å². The fraction of sp³-hybridized carbons (Fsp3) is 0.0769. The molecular formula is C13H9NO. The lowest BCUT2D eigenvalue weighted by Gasteiger charge is -1.97. The highest BCUT2D eigenvalue weighted by atomic mass is 16.1. The number of carbonyl (C=O) groups excluding carboxylic acids is 1. The van der Waals surface area contributed by atoms with Gasteiger partial charge in [0.05, 0.1) is 6.42 Å². The molecule has 0 radical (unpaired) electrons. The maximum atomic E-state index is 10.1. The van der Waals surface area contributed by atoms with E-state index in [0.717, 1.165) is 22.8 Å². The van der Waals surface area contributed by atoms with Gasteiger partial charge in [-0.25, -0.2) is 4.98 Å². The van der Waals surface area contributed by atoms with Gasteiger partial charge < -0.3 is 4.79 Å². The van der Waals surface area contributed by atoms with Gasteiger partial charge >= 0.3 is 0 Å². The molecule has 72 valence electrons. The molecule has 2 aromatic rings. The van der Waals surface area contributed by atoms with Crippen molar-refractivity contribution in [3.8, 4) is 11.8 Å². The summed E-state index contributed by atoms with van der Waals surface area (Å²) in [4.78, 5) is 14.3. The van der Waals surface area contributed by atoms with Crippen LogP contribution in [0.2, 0.25) is 0 Å². The second-order valence-corrected chi connectivity index (χ2v) is 3.05. The van der Waals surface area contributed by atoms with E-state index in [1.165, 1.54) is 0 Å². The zero-order chi connectivity index (χ0) is 10.5. The lowest BCUT2D eigenvalue weighted by molar-refractivity contribution is -0.107. The number of nitrogens with zero attached hydrogens (tertiary/aromatic N) is 1. The summed E-state index contributed by atoms with van der Waals surface area (Å²) in [5.41, 5.74) is 0.731. The molecular weight excluding hydrogens is 186 g/mol. The van der Waals surface area contributed by atoms with E-state index in [0.29, 0.717) is 0 Å². The first-order chi connectivity index (χ1) is 7.42. The minimum Gasteiger partial charge on any atom is -0.302 e. The number of rotatable bonds is 1. The van der Waals surface area contributed by atoms with Crippen LogP contribution in [-0.4, -0.2) is 11.3 Å². The molecule has 0 aliphatic carbocycles. The van der Waals surface area contributed by atoms with E-state index in [4.69, 9.17) is 0 Å². The summed E-state index contributed by atoms with van der Waals surface area (Å²) >= 11 is 0. The topological polar surface area (TPSA) is 30.0 Å². The largest absolute Gasteiger partial charge is 0.302 e. The molecule has 15 heavy (non-hydrogen) atoms. The van der Waals surface area contributed by atoms with Crippen molar-refractivity contribution in [3.63, 3.8) is 0 Å². The van der Waals surface area contributed by atoms with Gasteiger partial charge in [-0.3, -0.25) is 0 Å². The Kier molecular flexibility index (Phi) is 2.75. The van der Waals surface area contributed by atoms with Gasteiger partial charge in [-0.05, 0) is 17.4 Å². The molecule has 0 saturated carbocycles. The predicted octanol–water partition coefficient (Wildman–Crippen LogP) is 2.18. The van der Waals surface area contributed by atoms with Gasteiger partial charge in [-0.1, -0.05) is 30.2 Å². The average molecular weight is 195 g/mol. The van der Waals surface area contributed by atoms with Crippen LogP contribution < -0.4 is 0 Å². The molecule has 0 bridgehead atoms. The number of hydrogen-bond acceptors (Lipinski definition) is 2. The molecule has 0 aliphatic heterocycles. The summed E-state index contributed by atoms with van der Waals surface area (Å²) in [5.74, 6) is 5.66. The van der Waals surface area contributed by atoms with E-state index in [2.05, 4.69) is 16.8 Å². The number of fused-ring (bicyclic) bond motifs is 1. The fourth-order valence-corrected chi connectivity index (χ4v) is 1.40. The Hall–Kier alpha value is -2.14. The van der Waals surface area contributed by atoms with Gasteiger partial charge in [0.15, 0.2) is 0 Å². The molecule has 2 rings (SSSR count). The smallest absolute Gasteiger partial charge is 0.131 e. The van der Waals surface area contributed by atoms with Gasteiger partial charge in [0, 0.05) is 11.6 Å². The number of benzene rings is 1. The van der Waals surface area contributed by atoms with Crippen molar-refractivity contribution in [2.45, 2.75) is 6.42 Å². The highest BCUT2D eigenvalue weighted by Crippen LogP contribution is 2.14. The van der Waals surface area contributed by atoms with Crippen LogP contribution in [-0.2, 0) is 4.79 Å². The third-order valence-electron chi connectivity index (χ3n) is 2.07. The van der Waals surface area contributed by atoms with E-state index < -0.39 is 0 Å². The Morgan fingerprint density at radius 2 is 2.13 bits per heavy atom. The molecule has 2 heteroatoms. The standard InChI is InChI=1S/C13H9NO/c15-10-4-3-7-13-12-6-2-1-5-11(12)8-9-14-13/h1-2,5-6,8-10H,4H2. The summed E-state index contributed by atoms with van der Waals surface area (Å²) in [6.45, 7) is 0. The molecule has 0 aliphatic rings. The number of aldehydes is 1. The van der Waals surface area contributed by atoms with E-state index in [1.54, 1.807) is 6.20 Å². The molecule has 0 fully saturated rings. The molecule has 1 aromatic carbocycles. The second kappa shape index (κ2) is 4.39. The molecule has 0 N–H and O–H groups in total. The zero-order valence-electron chi connectivity index (χ0n) is 8.10. The monoisotopic (exact) mass is 195 g/mol. The summed E-state index contributed by atoms with van der Waals surface area (Å²) in [6, 6.07) is 9.87. The van der Waals surface area contributed by atoms with Gasteiger partial charge in [0.2, 0.25) is 0 Å². The Morgan fingerprint density at radius 3 is 3.00 bits per heavy atom. The number of hydrogen-bond donors (Lipinski definition) is 0. The Bertz CT molecular complexity index is 544. The minimum absolute atomic E-state index is 0.255. The molecule has 0 amide bonds. The van der Waals surface area contributed by atoms with Gasteiger partial charge in [0.25, 0.3) is 0 Å². The van der Waals surface area contributed by atoms with Crippen LogP contribution in [0.5, 0.6) is 0 Å². The highest BCUT2D eigenvalue weighted by Gasteiger charge is 1.96. The molecule has 2 nitrogen and oxygen atoms in total. The summed E-state index contributed by atoms with van der Waals surface area (Å²) < 4.78 is 0. The highest BCUT2D eigenvalue weighted by molar-refractivity contribution is 5.86. The van der Waals surface area contributed by atoms with Gasteiger partial charge in [-0.15, -0.1) is 0 Å². The molecule has 0 unspecified atom stereocenters. The Morgan fingerprint density at radius 1 is 1.27 bits per heavy atom. The van der Waals surface area contributed by atoms with E-state index in [-0.39, 0.29) is 6.42 Å². The van der Waals surface area contributed by atoms with Crippen LogP contribution >= 0.6 is 0 Å². The quantitative estimate of drug-likeness (QED) is 0.515. The normalized spacial score (nSPS) is 9.33. The zero-order valence-corrected chi connectivity index (χ0v) is 8.10. The Balaban J connectivity index is 2.52. The molecule has 0 spiro atoms. The van der Waals surface area contributed by atoms with E-state index in [1.807, 2.05) is 30.3 Å². The third kappa shape index (κ3) is 2.03. The summed E-state index contributed by atoms with van der Waals surface area (Å²) in [6.07, 6.45) is 2.77. The van der Waals surface area contributed by atoms with Gasteiger partial charge in [-0.2, -0.15) is 0 Å². The minimum atomic E-state index is 0.255. The van der Waals surface area contributed by atoms with E-state index >= 15 is 0 Å². The van der Waals surface area contributed by atoms with Crippen LogP contribution in [0.3, 0.4) is 0 Å².